The van der Waals surface area contributed by atoms with Crippen molar-refractivity contribution in [2.24, 2.45) is 0 Å². The molecule has 3 aromatic heterocycles. The first kappa shape index (κ1) is 22.2. The van der Waals surface area contributed by atoms with Crippen LogP contribution in [0, 0.1) is 0 Å². The van der Waals surface area contributed by atoms with E-state index < -0.39 is 0 Å². The third-order valence-electron chi connectivity index (χ3n) is 6.58. The highest BCUT2D eigenvalue weighted by Gasteiger charge is 2.24. The van der Waals surface area contributed by atoms with Crippen molar-refractivity contribution in [3.8, 4) is 11.3 Å². The number of carbonyl (C=O) groups excluding carboxylic acids is 1. The van der Waals surface area contributed by atoms with Crippen molar-refractivity contribution in [3.05, 3.63) is 60.4 Å². The van der Waals surface area contributed by atoms with Gasteiger partial charge in [-0.05, 0) is 63.9 Å². The van der Waals surface area contributed by atoms with Gasteiger partial charge in [-0.1, -0.05) is 18.2 Å². The number of esters is 1. The Hall–Kier alpha value is -3.58. The van der Waals surface area contributed by atoms with Crippen LogP contribution in [0.15, 0.2) is 54.9 Å². The molecule has 5 rings (SSSR count). The van der Waals surface area contributed by atoms with Crippen LogP contribution in [-0.2, 0) is 4.74 Å². The summed E-state index contributed by atoms with van der Waals surface area (Å²) < 4.78 is 5.34. The van der Waals surface area contributed by atoms with Gasteiger partial charge in [-0.2, -0.15) is 0 Å². The number of hydrogen-bond acceptors (Lipinski definition) is 7. The highest BCUT2D eigenvalue weighted by atomic mass is 16.5. The average molecular weight is 456 g/mol. The monoisotopic (exact) mass is 455 g/mol. The first-order chi connectivity index (χ1) is 16.7. The van der Waals surface area contributed by atoms with Gasteiger partial charge in [0, 0.05) is 35.4 Å². The lowest BCUT2D eigenvalue weighted by molar-refractivity contribution is 0.0527. The van der Waals surface area contributed by atoms with E-state index in [-0.39, 0.29) is 12.0 Å². The Balaban J connectivity index is 1.58. The van der Waals surface area contributed by atoms with Crippen LogP contribution in [-0.4, -0.2) is 46.7 Å². The van der Waals surface area contributed by atoms with Gasteiger partial charge < -0.3 is 15.4 Å². The quantitative estimate of drug-likeness (QED) is 0.397. The van der Waals surface area contributed by atoms with Gasteiger partial charge in [-0.15, -0.1) is 0 Å². The molecule has 1 saturated carbocycles. The molecular formula is C27H29N5O2. The number of ether oxygens (including phenoxy) is 1. The molecule has 7 nitrogen and oxygen atoms in total. The highest BCUT2D eigenvalue weighted by Crippen LogP contribution is 2.31. The Labute approximate surface area is 199 Å². The molecular weight excluding hydrogens is 426 g/mol. The summed E-state index contributed by atoms with van der Waals surface area (Å²) in [6.45, 7) is 2.11. The largest absolute Gasteiger partial charge is 0.462 e. The van der Waals surface area contributed by atoms with E-state index in [9.17, 15) is 4.79 Å². The average Bonchev–Trinajstić information content (AvgIpc) is 2.89. The van der Waals surface area contributed by atoms with Gasteiger partial charge in [0.05, 0.1) is 29.0 Å². The smallest absolute Gasteiger partial charge is 0.341 e. The summed E-state index contributed by atoms with van der Waals surface area (Å²) in [7, 11) is 2.01. The van der Waals surface area contributed by atoms with Crippen LogP contribution >= 0.6 is 0 Å². The maximum atomic E-state index is 12.8. The van der Waals surface area contributed by atoms with Crippen LogP contribution in [0.25, 0.3) is 33.2 Å². The maximum absolute atomic E-state index is 12.8. The predicted octanol–water partition coefficient (Wildman–Crippen LogP) is 4.96. The number of aromatic nitrogens is 3. The third-order valence-corrected chi connectivity index (χ3v) is 6.58. The number of anilines is 1. The summed E-state index contributed by atoms with van der Waals surface area (Å²) in [5.74, 6) is -0.386. The van der Waals surface area contributed by atoms with E-state index in [0.717, 1.165) is 53.4 Å². The van der Waals surface area contributed by atoms with E-state index in [2.05, 4.69) is 26.7 Å². The van der Waals surface area contributed by atoms with Gasteiger partial charge in [0.2, 0.25) is 0 Å². The van der Waals surface area contributed by atoms with Crippen LogP contribution in [0.2, 0.25) is 0 Å². The summed E-state index contributed by atoms with van der Waals surface area (Å²) >= 11 is 0. The molecule has 1 aromatic carbocycles. The van der Waals surface area contributed by atoms with E-state index in [1.54, 1.807) is 6.20 Å². The molecule has 4 aromatic rings. The fourth-order valence-electron chi connectivity index (χ4n) is 4.68. The standard InChI is InChI=1S/C27H29N5O2/c1-3-34-27(33)21-16-30-24-13-12-23(18-14-17-6-4-5-7-22(17)29-15-18)32-26(24)25(21)31-20-10-8-19(28-2)9-11-20/h4-7,12-16,19-20,28H,3,8-11H2,1-2H3,(H,30,31). The molecule has 2 N–H and O–H groups in total. The van der Waals surface area contributed by atoms with Crippen molar-refractivity contribution in [2.45, 2.75) is 44.7 Å². The van der Waals surface area contributed by atoms with E-state index in [1.807, 2.05) is 56.6 Å². The van der Waals surface area contributed by atoms with Crippen LogP contribution in [0.4, 0.5) is 5.69 Å². The first-order valence-corrected chi connectivity index (χ1v) is 11.9. The molecule has 1 aliphatic rings. The predicted molar refractivity (Wildman–Crippen MR) is 135 cm³/mol. The molecule has 3 heterocycles. The summed E-state index contributed by atoms with van der Waals surface area (Å²) in [5, 5.41) is 8.07. The molecule has 0 unspecified atom stereocenters. The lowest BCUT2D eigenvalue weighted by Crippen LogP contribution is -2.35. The van der Waals surface area contributed by atoms with Crippen LogP contribution in [0.5, 0.6) is 0 Å². The van der Waals surface area contributed by atoms with E-state index in [0.29, 0.717) is 29.4 Å². The Morgan fingerprint density at radius 2 is 1.76 bits per heavy atom. The lowest BCUT2D eigenvalue weighted by Gasteiger charge is -2.30. The van der Waals surface area contributed by atoms with Gasteiger partial charge in [0.1, 0.15) is 11.1 Å². The molecule has 0 aliphatic heterocycles. The Morgan fingerprint density at radius 3 is 2.56 bits per heavy atom. The zero-order valence-electron chi connectivity index (χ0n) is 19.5. The van der Waals surface area contributed by atoms with Gasteiger partial charge in [0.15, 0.2) is 0 Å². The van der Waals surface area contributed by atoms with Crippen LogP contribution in [0.1, 0.15) is 43.0 Å². The zero-order valence-corrected chi connectivity index (χ0v) is 19.5. The molecule has 0 spiro atoms. The third kappa shape index (κ3) is 4.43. The number of nitrogens with one attached hydrogen (secondary N) is 2. The number of hydrogen-bond donors (Lipinski definition) is 2. The molecule has 0 radical (unpaired) electrons. The van der Waals surface area contributed by atoms with Gasteiger partial charge in [-0.25, -0.2) is 9.78 Å². The second-order valence-corrected chi connectivity index (χ2v) is 8.73. The SMILES string of the molecule is CCOC(=O)c1cnc2ccc(-c3cnc4ccccc4c3)nc2c1NC1CCC(NC)CC1. The van der Waals surface area contributed by atoms with Gasteiger partial charge >= 0.3 is 5.97 Å². The van der Waals surface area contributed by atoms with Crippen molar-refractivity contribution in [1.82, 2.24) is 20.3 Å². The molecule has 1 aliphatic carbocycles. The van der Waals surface area contributed by atoms with Gasteiger partial charge in [-0.3, -0.25) is 9.97 Å². The summed E-state index contributed by atoms with van der Waals surface area (Å²) in [6.07, 6.45) is 7.66. The Morgan fingerprint density at radius 1 is 1.00 bits per heavy atom. The number of carbonyl (C=O) groups is 1. The van der Waals surface area contributed by atoms with Crippen molar-refractivity contribution < 1.29 is 9.53 Å². The fourth-order valence-corrected chi connectivity index (χ4v) is 4.68. The van der Waals surface area contributed by atoms with Crippen molar-refractivity contribution >= 4 is 33.6 Å². The minimum atomic E-state index is -0.386. The number of pyridine rings is 3. The van der Waals surface area contributed by atoms with E-state index in [4.69, 9.17) is 9.72 Å². The van der Waals surface area contributed by atoms with E-state index in [1.165, 1.54) is 0 Å². The highest BCUT2D eigenvalue weighted by molar-refractivity contribution is 6.04. The number of benzene rings is 1. The molecule has 1 fully saturated rings. The van der Waals surface area contributed by atoms with Crippen molar-refractivity contribution in [3.63, 3.8) is 0 Å². The Bertz CT molecular complexity index is 1330. The zero-order chi connectivity index (χ0) is 23.5. The van der Waals surface area contributed by atoms with Crippen molar-refractivity contribution in [1.29, 1.82) is 0 Å². The van der Waals surface area contributed by atoms with Gasteiger partial charge in [0.25, 0.3) is 0 Å². The minimum absolute atomic E-state index is 0.260. The first-order valence-electron chi connectivity index (χ1n) is 11.9. The number of para-hydroxylation sites is 1. The number of nitrogens with zero attached hydrogens (tertiary/aromatic N) is 3. The molecule has 7 heteroatoms. The van der Waals surface area contributed by atoms with Crippen LogP contribution in [0.3, 0.4) is 0 Å². The molecule has 0 atom stereocenters. The molecule has 34 heavy (non-hydrogen) atoms. The topological polar surface area (TPSA) is 89.0 Å². The second-order valence-electron chi connectivity index (χ2n) is 8.73. The van der Waals surface area contributed by atoms with E-state index >= 15 is 0 Å². The molecule has 174 valence electrons. The normalized spacial score (nSPS) is 18.2. The second kappa shape index (κ2) is 9.73. The van der Waals surface area contributed by atoms with Crippen LogP contribution < -0.4 is 10.6 Å². The lowest BCUT2D eigenvalue weighted by atomic mass is 9.91. The van der Waals surface area contributed by atoms with Crippen molar-refractivity contribution in [2.75, 3.05) is 19.0 Å². The minimum Gasteiger partial charge on any atom is -0.462 e. The molecule has 0 bridgehead atoms. The summed E-state index contributed by atoms with van der Waals surface area (Å²) in [5.41, 5.74) is 5.18. The maximum Gasteiger partial charge on any atom is 0.341 e. The number of rotatable bonds is 6. The summed E-state index contributed by atoms with van der Waals surface area (Å²) in [4.78, 5) is 26.9. The molecule has 0 saturated heterocycles. The Kier molecular flexibility index (Phi) is 6.36. The number of fused-ring (bicyclic) bond motifs is 2. The fraction of sp³-hybridized carbons (Fsp3) is 0.333. The molecule has 0 amide bonds. The summed E-state index contributed by atoms with van der Waals surface area (Å²) in [6, 6.07) is 14.8.